The van der Waals surface area contributed by atoms with E-state index in [4.69, 9.17) is 0 Å². The van der Waals surface area contributed by atoms with Gasteiger partial charge in [-0.25, -0.2) is 9.18 Å². The van der Waals surface area contributed by atoms with E-state index >= 15 is 0 Å². The lowest BCUT2D eigenvalue weighted by atomic mass is 10.1. The van der Waals surface area contributed by atoms with E-state index in [1.807, 2.05) is 0 Å². The van der Waals surface area contributed by atoms with Crippen LogP contribution in [0.25, 0.3) is 0 Å². The fourth-order valence-corrected chi connectivity index (χ4v) is 2.61. The van der Waals surface area contributed by atoms with E-state index in [1.165, 1.54) is 17.0 Å². The predicted molar refractivity (Wildman–Crippen MR) is 77.2 cm³/mol. The molecule has 0 bridgehead atoms. The lowest BCUT2D eigenvalue weighted by molar-refractivity contribution is -0.143. The van der Waals surface area contributed by atoms with E-state index in [1.54, 1.807) is 12.1 Å². The molecule has 2 N–H and O–H groups in total. The molecule has 2 rings (SSSR count). The third-order valence-corrected chi connectivity index (χ3v) is 3.67. The maximum absolute atomic E-state index is 13.0. The van der Waals surface area contributed by atoms with Crippen LogP contribution in [0.4, 0.5) is 22.4 Å². The maximum atomic E-state index is 13.0. The summed E-state index contributed by atoms with van der Waals surface area (Å²) in [5, 5.41) is 5.23. The highest BCUT2D eigenvalue weighted by molar-refractivity contribution is 5.73. The number of alkyl halides is 3. The van der Waals surface area contributed by atoms with Gasteiger partial charge < -0.3 is 10.6 Å². The van der Waals surface area contributed by atoms with Gasteiger partial charge in [0.2, 0.25) is 0 Å². The van der Waals surface area contributed by atoms with Crippen molar-refractivity contribution in [1.82, 2.24) is 15.5 Å². The molecule has 23 heavy (non-hydrogen) atoms. The number of urea groups is 1. The summed E-state index contributed by atoms with van der Waals surface area (Å²) in [6, 6.07) is 5.47. The van der Waals surface area contributed by atoms with Crippen molar-refractivity contribution < 1.29 is 22.4 Å². The van der Waals surface area contributed by atoms with Crippen LogP contribution < -0.4 is 10.6 Å². The van der Waals surface area contributed by atoms with Crippen LogP contribution in [0.5, 0.6) is 0 Å². The summed E-state index contributed by atoms with van der Waals surface area (Å²) in [5.74, 6) is -0.363. The van der Waals surface area contributed by atoms with Crippen molar-refractivity contribution in [3.63, 3.8) is 0 Å². The van der Waals surface area contributed by atoms with Crippen molar-refractivity contribution in [1.29, 1.82) is 0 Å². The lowest BCUT2D eigenvalue weighted by Crippen LogP contribution is -2.39. The molecule has 0 unspecified atom stereocenters. The van der Waals surface area contributed by atoms with E-state index in [9.17, 15) is 22.4 Å². The third-order valence-electron chi connectivity index (χ3n) is 3.67. The molecule has 1 aromatic carbocycles. The molecule has 1 fully saturated rings. The number of carbonyl (C=O) groups excluding carboxylic acids is 1. The molecule has 1 heterocycles. The minimum atomic E-state index is -4.19. The molecular weight excluding hydrogens is 314 g/mol. The Morgan fingerprint density at radius 1 is 1.30 bits per heavy atom. The zero-order valence-electron chi connectivity index (χ0n) is 12.5. The summed E-state index contributed by atoms with van der Waals surface area (Å²) in [5.41, 5.74) is 0.636. The third kappa shape index (κ3) is 6.43. The second-order valence-electron chi connectivity index (χ2n) is 5.70. The highest BCUT2D eigenvalue weighted by Gasteiger charge is 2.34. The van der Waals surface area contributed by atoms with Gasteiger partial charge in [0.05, 0.1) is 6.54 Å². The first kappa shape index (κ1) is 17.5. The minimum Gasteiger partial charge on any atom is -0.338 e. The molecule has 8 heteroatoms. The van der Waals surface area contributed by atoms with Gasteiger partial charge in [0.25, 0.3) is 0 Å². The van der Waals surface area contributed by atoms with Crippen molar-refractivity contribution in [2.45, 2.75) is 19.1 Å². The molecule has 1 aromatic rings. The molecule has 2 amide bonds. The molecule has 0 spiro atoms. The summed E-state index contributed by atoms with van der Waals surface area (Å²) >= 11 is 0. The fourth-order valence-electron chi connectivity index (χ4n) is 2.61. The predicted octanol–water partition coefficient (Wildman–Crippen LogP) is 2.51. The van der Waals surface area contributed by atoms with Gasteiger partial charge >= 0.3 is 12.2 Å². The summed E-state index contributed by atoms with van der Waals surface area (Å²) < 4.78 is 49.9. The largest absolute Gasteiger partial charge is 0.401 e. The SMILES string of the molecule is O=C(NCc1cccc(F)c1)NC[C@H]1CCN(CC(F)(F)F)C1. The maximum Gasteiger partial charge on any atom is 0.401 e. The average molecular weight is 333 g/mol. The van der Waals surface area contributed by atoms with E-state index in [-0.39, 0.29) is 18.3 Å². The first-order chi connectivity index (χ1) is 10.8. The van der Waals surface area contributed by atoms with Gasteiger partial charge in [0.1, 0.15) is 5.82 Å². The number of nitrogens with one attached hydrogen (secondary N) is 2. The zero-order chi connectivity index (χ0) is 16.9. The van der Waals surface area contributed by atoms with Crippen molar-refractivity contribution in [3.8, 4) is 0 Å². The Morgan fingerprint density at radius 2 is 2.09 bits per heavy atom. The molecule has 1 atom stereocenters. The molecule has 1 saturated heterocycles. The number of nitrogens with zero attached hydrogens (tertiary/aromatic N) is 1. The van der Waals surface area contributed by atoms with E-state index < -0.39 is 18.8 Å². The van der Waals surface area contributed by atoms with Crippen molar-refractivity contribution in [2.24, 2.45) is 5.92 Å². The lowest BCUT2D eigenvalue weighted by Gasteiger charge is -2.18. The second-order valence-corrected chi connectivity index (χ2v) is 5.70. The zero-order valence-corrected chi connectivity index (χ0v) is 12.5. The van der Waals surface area contributed by atoms with Gasteiger partial charge in [-0.1, -0.05) is 12.1 Å². The normalized spacial score (nSPS) is 18.9. The Bertz CT molecular complexity index is 536. The first-order valence-electron chi connectivity index (χ1n) is 7.37. The van der Waals surface area contributed by atoms with E-state index in [2.05, 4.69) is 10.6 Å². The number of hydrogen-bond acceptors (Lipinski definition) is 2. The number of likely N-dealkylation sites (tertiary alicyclic amines) is 1. The smallest absolute Gasteiger partial charge is 0.338 e. The Morgan fingerprint density at radius 3 is 2.78 bits per heavy atom. The molecule has 0 aliphatic carbocycles. The van der Waals surface area contributed by atoms with Crippen molar-refractivity contribution in [3.05, 3.63) is 35.6 Å². The molecule has 0 aromatic heterocycles. The van der Waals surface area contributed by atoms with Crippen LogP contribution in [0.3, 0.4) is 0 Å². The van der Waals surface area contributed by atoms with Gasteiger partial charge in [-0.3, -0.25) is 4.90 Å². The summed E-state index contributed by atoms with van der Waals surface area (Å²) in [7, 11) is 0. The summed E-state index contributed by atoms with van der Waals surface area (Å²) in [4.78, 5) is 13.0. The Balaban J connectivity index is 1.65. The number of hydrogen-bond donors (Lipinski definition) is 2. The number of benzene rings is 1. The van der Waals surface area contributed by atoms with Gasteiger partial charge in [-0.2, -0.15) is 13.2 Å². The van der Waals surface area contributed by atoms with Gasteiger partial charge in [0.15, 0.2) is 0 Å². The van der Waals surface area contributed by atoms with Crippen LogP contribution >= 0.6 is 0 Å². The summed E-state index contributed by atoms with van der Waals surface area (Å²) in [6.07, 6.45) is -3.56. The molecular formula is C15H19F4N3O. The molecule has 1 aliphatic rings. The Hall–Kier alpha value is -1.83. The first-order valence-corrected chi connectivity index (χ1v) is 7.37. The fraction of sp³-hybridized carbons (Fsp3) is 0.533. The van der Waals surface area contributed by atoms with Crippen LogP contribution in [0.2, 0.25) is 0 Å². The molecule has 1 aliphatic heterocycles. The standard InChI is InChI=1S/C15H19F4N3O/c16-13-3-1-2-11(6-13)7-20-14(23)21-8-12-4-5-22(9-12)10-15(17,18)19/h1-3,6,12H,4-5,7-10H2,(H2,20,21,23)/t12-/m1/s1. The molecule has 4 nitrogen and oxygen atoms in total. The Labute approximate surface area is 131 Å². The van der Waals surface area contributed by atoms with Gasteiger partial charge in [0, 0.05) is 19.6 Å². The van der Waals surface area contributed by atoms with E-state index in [0.29, 0.717) is 31.6 Å². The van der Waals surface area contributed by atoms with Crippen LogP contribution in [0, 0.1) is 11.7 Å². The molecule has 0 saturated carbocycles. The molecule has 128 valence electrons. The quantitative estimate of drug-likeness (QED) is 0.813. The molecule has 0 radical (unpaired) electrons. The highest BCUT2D eigenvalue weighted by Crippen LogP contribution is 2.22. The Kier molecular flexibility index (Phi) is 5.81. The number of halogens is 4. The van der Waals surface area contributed by atoms with Crippen LogP contribution in [0.15, 0.2) is 24.3 Å². The second kappa shape index (κ2) is 7.63. The monoisotopic (exact) mass is 333 g/mol. The van der Waals surface area contributed by atoms with Gasteiger partial charge in [-0.05, 0) is 36.6 Å². The van der Waals surface area contributed by atoms with Crippen LogP contribution in [-0.4, -0.2) is 43.3 Å². The topological polar surface area (TPSA) is 44.4 Å². The van der Waals surface area contributed by atoms with Crippen LogP contribution in [0.1, 0.15) is 12.0 Å². The van der Waals surface area contributed by atoms with Crippen LogP contribution in [-0.2, 0) is 6.54 Å². The average Bonchev–Trinajstić information content (AvgIpc) is 2.88. The minimum absolute atomic E-state index is 0.0114. The van der Waals surface area contributed by atoms with E-state index in [0.717, 1.165) is 0 Å². The number of carbonyl (C=O) groups is 1. The number of rotatable bonds is 5. The highest BCUT2D eigenvalue weighted by atomic mass is 19.4. The van der Waals surface area contributed by atoms with Crippen molar-refractivity contribution in [2.75, 3.05) is 26.2 Å². The van der Waals surface area contributed by atoms with Crippen molar-refractivity contribution >= 4 is 6.03 Å². The number of amides is 2. The van der Waals surface area contributed by atoms with Gasteiger partial charge in [-0.15, -0.1) is 0 Å². The summed E-state index contributed by atoms with van der Waals surface area (Å²) in [6.45, 7) is 0.313.